The first-order chi connectivity index (χ1) is 7.13. The quantitative estimate of drug-likeness (QED) is 0.304. The van der Waals surface area contributed by atoms with Crippen molar-refractivity contribution in [3.05, 3.63) is 23.8 Å². The van der Waals surface area contributed by atoms with Gasteiger partial charge in [-0.25, -0.2) is 0 Å². The fourth-order valence-electron chi connectivity index (χ4n) is 0.834. The first-order valence-corrected chi connectivity index (χ1v) is 5.28. The van der Waals surface area contributed by atoms with Crippen molar-refractivity contribution in [2.24, 2.45) is 15.9 Å². The molecule has 0 aliphatic rings. The van der Waals surface area contributed by atoms with Gasteiger partial charge in [-0.05, 0) is 24.5 Å². The van der Waals surface area contributed by atoms with E-state index >= 15 is 0 Å². The van der Waals surface area contributed by atoms with Crippen LogP contribution in [0.2, 0.25) is 0 Å². The van der Waals surface area contributed by atoms with Crippen LogP contribution < -0.4 is 5.73 Å². The maximum absolute atomic E-state index is 9.37. The zero-order chi connectivity index (χ0) is 11.3. The van der Waals surface area contributed by atoms with Gasteiger partial charge in [0, 0.05) is 5.56 Å². The number of hydrogen-bond acceptors (Lipinski definition) is 5. The summed E-state index contributed by atoms with van der Waals surface area (Å²) >= 11 is 1.27. The van der Waals surface area contributed by atoms with Crippen LogP contribution in [0.4, 0.5) is 0 Å². The molecule has 0 radical (unpaired) electrons. The highest BCUT2D eigenvalue weighted by Crippen LogP contribution is 2.20. The van der Waals surface area contributed by atoms with Crippen LogP contribution in [-0.2, 0) is 0 Å². The summed E-state index contributed by atoms with van der Waals surface area (Å²) in [7, 11) is 0. The zero-order valence-corrected chi connectivity index (χ0v) is 8.90. The number of nitrogens with zero attached hydrogens (tertiary/aromatic N) is 2. The Kier molecular flexibility index (Phi) is 3.99. The van der Waals surface area contributed by atoms with E-state index in [4.69, 9.17) is 10.8 Å². The molecule has 0 fully saturated rings. The van der Waals surface area contributed by atoms with Crippen LogP contribution in [0.25, 0.3) is 0 Å². The Balaban J connectivity index is 2.84. The minimum atomic E-state index is 0.0227. The van der Waals surface area contributed by atoms with E-state index in [0.29, 0.717) is 10.7 Å². The van der Waals surface area contributed by atoms with Gasteiger partial charge in [0.1, 0.15) is 11.5 Å². The van der Waals surface area contributed by atoms with Crippen molar-refractivity contribution >= 4 is 23.1 Å². The van der Waals surface area contributed by atoms with Gasteiger partial charge in [0.25, 0.3) is 0 Å². The molecule has 15 heavy (non-hydrogen) atoms. The van der Waals surface area contributed by atoms with Crippen LogP contribution in [-0.4, -0.2) is 27.9 Å². The number of nitrogens with two attached hydrogens (primary N) is 1. The van der Waals surface area contributed by atoms with Crippen LogP contribution in [0.15, 0.2) is 28.4 Å². The third-order valence-electron chi connectivity index (χ3n) is 1.57. The van der Waals surface area contributed by atoms with E-state index in [0.717, 1.165) is 0 Å². The summed E-state index contributed by atoms with van der Waals surface area (Å²) in [6.07, 6.45) is 3.10. The molecule has 0 unspecified atom stereocenters. The molecule has 0 saturated heterocycles. The van der Waals surface area contributed by atoms with E-state index in [-0.39, 0.29) is 11.5 Å². The summed E-state index contributed by atoms with van der Waals surface area (Å²) in [4.78, 5) is 0. The van der Waals surface area contributed by atoms with Crippen molar-refractivity contribution in [3.63, 3.8) is 0 Å². The van der Waals surface area contributed by atoms with Gasteiger partial charge >= 0.3 is 0 Å². The number of phenolic OH excluding ortho intramolecular Hbond substituents is 2. The van der Waals surface area contributed by atoms with E-state index in [1.54, 1.807) is 6.26 Å². The molecule has 0 spiro atoms. The maximum atomic E-state index is 9.37. The molecule has 0 saturated carbocycles. The molecule has 1 aromatic rings. The van der Waals surface area contributed by atoms with Gasteiger partial charge in [-0.2, -0.15) is 5.10 Å². The molecule has 4 N–H and O–H groups in total. The number of benzene rings is 1. The second-order valence-electron chi connectivity index (χ2n) is 2.63. The fourth-order valence-corrected chi connectivity index (χ4v) is 0.963. The lowest BCUT2D eigenvalue weighted by molar-refractivity contribution is 0.459. The van der Waals surface area contributed by atoms with Crippen molar-refractivity contribution in [3.8, 4) is 11.5 Å². The van der Waals surface area contributed by atoms with Crippen molar-refractivity contribution in [2.75, 3.05) is 6.26 Å². The van der Waals surface area contributed by atoms with Crippen LogP contribution >= 0.6 is 11.8 Å². The lowest BCUT2D eigenvalue weighted by Crippen LogP contribution is -2.03. The Morgan fingerprint density at radius 2 is 2.20 bits per heavy atom. The molecule has 0 aliphatic heterocycles. The average Bonchev–Trinajstić information content (AvgIpc) is 2.23. The molecule has 0 heterocycles. The number of phenols is 2. The summed E-state index contributed by atoms with van der Waals surface area (Å²) in [5.41, 5.74) is 5.77. The SMILES string of the molecule is CS/C(N)=N\N=Cc1cc(O)ccc1O. The molecule has 1 aromatic carbocycles. The molecule has 80 valence electrons. The van der Waals surface area contributed by atoms with Gasteiger partial charge in [-0.15, -0.1) is 5.10 Å². The van der Waals surface area contributed by atoms with Gasteiger partial charge in [-0.3, -0.25) is 0 Å². The number of rotatable bonds is 2. The van der Waals surface area contributed by atoms with Crippen molar-refractivity contribution < 1.29 is 10.2 Å². The standard InChI is InChI=1S/C9H11N3O2S/c1-15-9(10)12-11-5-6-4-7(13)2-3-8(6)14/h2-5,13-14H,1H3,(H2,10,12). The smallest absolute Gasteiger partial charge is 0.180 e. The fraction of sp³-hybridized carbons (Fsp3) is 0.111. The maximum Gasteiger partial charge on any atom is 0.180 e. The van der Waals surface area contributed by atoms with Crippen molar-refractivity contribution in [1.82, 2.24) is 0 Å². The summed E-state index contributed by atoms with van der Waals surface area (Å²) in [6.45, 7) is 0. The third-order valence-corrected chi connectivity index (χ3v) is 2.07. The number of amidine groups is 1. The van der Waals surface area contributed by atoms with Gasteiger partial charge in [0.05, 0.1) is 6.21 Å². The highest BCUT2D eigenvalue weighted by Gasteiger charge is 1.98. The Labute approximate surface area is 91.3 Å². The normalized spacial score (nSPS) is 12.2. The Morgan fingerprint density at radius 3 is 2.87 bits per heavy atom. The molecule has 5 nitrogen and oxygen atoms in total. The van der Waals surface area contributed by atoms with Crippen LogP contribution in [0.3, 0.4) is 0 Å². The van der Waals surface area contributed by atoms with Crippen molar-refractivity contribution in [2.45, 2.75) is 0 Å². The second-order valence-corrected chi connectivity index (χ2v) is 3.46. The molecule has 1 rings (SSSR count). The van der Waals surface area contributed by atoms with E-state index < -0.39 is 0 Å². The minimum Gasteiger partial charge on any atom is -0.508 e. The van der Waals surface area contributed by atoms with Gasteiger partial charge in [0.2, 0.25) is 0 Å². The summed E-state index contributed by atoms with van der Waals surface area (Å²) in [5.74, 6) is 0.0746. The van der Waals surface area contributed by atoms with Crippen LogP contribution in [0, 0.1) is 0 Å². The molecule has 0 aromatic heterocycles. The second kappa shape index (κ2) is 5.26. The molecule has 0 aliphatic carbocycles. The Hall–Kier alpha value is -1.69. The van der Waals surface area contributed by atoms with Gasteiger partial charge in [-0.1, -0.05) is 11.8 Å². The first kappa shape index (κ1) is 11.4. The average molecular weight is 225 g/mol. The predicted octanol–water partition coefficient (Wildman–Crippen LogP) is 1.11. The van der Waals surface area contributed by atoms with E-state index in [1.165, 1.54) is 36.2 Å². The molecule has 0 bridgehead atoms. The molecule has 0 atom stereocenters. The van der Waals surface area contributed by atoms with Crippen LogP contribution in [0.1, 0.15) is 5.56 Å². The van der Waals surface area contributed by atoms with Gasteiger partial charge < -0.3 is 15.9 Å². The Bertz CT molecular complexity index is 404. The van der Waals surface area contributed by atoms with Crippen molar-refractivity contribution in [1.29, 1.82) is 0 Å². The van der Waals surface area contributed by atoms with E-state index in [1.807, 2.05) is 0 Å². The summed E-state index contributed by atoms with van der Waals surface area (Å²) < 4.78 is 0. The first-order valence-electron chi connectivity index (χ1n) is 4.06. The summed E-state index contributed by atoms with van der Waals surface area (Å²) in [5, 5.41) is 26.2. The summed E-state index contributed by atoms with van der Waals surface area (Å²) in [6, 6.07) is 4.13. The highest BCUT2D eigenvalue weighted by molar-refractivity contribution is 8.13. The van der Waals surface area contributed by atoms with E-state index in [2.05, 4.69) is 10.2 Å². The third kappa shape index (κ3) is 3.51. The van der Waals surface area contributed by atoms with Gasteiger partial charge in [0.15, 0.2) is 5.17 Å². The largest absolute Gasteiger partial charge is 0.508 e. The minimum absolute atomic E-state index is 0.0227. The molecule has 6 heteroatoms. The zero-order valence-electron chi connectivity index (χ0n) is 8.08. The lowest BCUT2D eigenvalue weighted by atomic mass is 10.2. The molecular weight excluding hydrogens is 214 g/mol. The molecule has 0 amide bonds. The monoisotopic (exact) mass is 225 g/mol. The Morgan fingerprint density at radius 1 is 1.47 bits per heavy atom. The molecular formula is C9H11N3O2S. The van der Waals surface area contributed by atoms with Crippen LogP contribution in [0.5, 0.6) is 11.5 Å². The van der Waals surface area contributed by atoms with E-state index in [9.17, 15) is 5.11 Å². The predicted molar refractivity (Wildman–Crippen MR) is 62.5 cm³/mol. The number of thioether (sulfide) groups is 1. The lowest BCUT2D eigenvalue weighted by Gasteiger charge is -1.97. The number of aromatic hydroxyl groups is 2. The number of hydrogen-bond donors (Lipinski definition) is 3. The highest BCUT2D eigenvalue weighted by atomic mass is 32.2. The topological polar surface area (TPSA) is 91.2 Å².